The van der Waals surface area contributed by atoms with Gasteiger partial charge in [0.05, 0.1) is 25.3 Å². The van der Waals surface area contributed by atoms with Crippen molar-refractivity contribution in [3.63, 3.8) is 0 Å². The van der Waals surface area contributed by atoms with Crippen molar-refractivity contribution < 1.29 is 38.1 Å². The highest BCUT2D eigenvalue weighted by molar-refractivity contribution is 5.68. The zero-order valence-electron chi connectivity index (χ0n) is 19.9. The number of hydrogen-bond acceptors (Lipinski definition) is 6. The van der Waals surface area contributed by atoms with Gasteiger partial charge in [0.15, 0.2) is 0 Å². The molecule has 10 heteroatoms. The van der Waals surface area contributed by atoms with Gasteiger partial charge in [-0.1, -0.05) is 60.7 Å². The second-order valence-electron chi connectivity index (χ2n) is 8.72. The highest BCUT2D eigenvalue weighted by Gasteiger charge is 2.31. The average molecular weight is 507 g/mol. The number of ether oxygens (including phenoxy) is 2. The van der Waals surface area contributed by atoms with Gasteiger partial charge in [-0.15, -0.1) is 0 Å². The summed E-state index contributed by atoms with van der Waals surface area (Å²) < 4.78 is 36.7. The average Bonchev–Trinajstić information content (AvgIpc) is 2.90. The van der Waals surface area contributed by atoms with Gasteiger partial charge in [0.25, 0.3) is 0 Å². The lowest BCUT2D eigenvalue weighted by molar-refractivity contribution is 0.00229. The summed E-state index contributed by atoms with van der Waals surface area (Å²) in [5, 5.41) is 18.5. The molecule has 0 aliphatic carbocycles. The molecule has 2 aliphatic heterocycles. The van der Waals surface area contributed by atoms with Gasteiger partial charge in [0.1, 0.15) is 25.6 Å². The Morgan fingerprint density at radius 1 is 0.722 bits per heavy atom. The van der Waals surface area contributed by atoms with Crippen LogP contribution in [0.3, 0.4) is 0 Å². The minimum absolute atomic E-state index is 0.102. The van der Waals surface area contributed by atoms with Gasteiger partial charge in [0, 0.05) is 13.1 Å². The molecule has 2 N–H and O–H groups in total. The summed E-state index contributed by atoms with van der Waals surface area (Å²) in [4.78, 5) is 25.9. The number of benzene rings is 2. The van der Waals surface area contributed by atoms with Crippen LogP contribution in [0.25, 0.3) is 0 Å². The molecule has 0 saturated carbocycles. The number of nitrogens with zero attached hydrogens (tertiary/aromatic N) is 2. The number of hydrogen-bond donors (Lipinski definition) is 2. The molecule has 2 fully saturated rings. The van der Waals surface area contributed by atoms with Crippen molar-refractivity contribution in [2.45, 2.75) is 50.6 Å². The molecule has 2 heterocycles. The molecule has 0 radical (unpaired) electrons. The van der Waals surface area contributed by atoms with Gasteiger partial charge in [-0.3, -0.25) is 0 Å². The van der Waals surface area contributed by atoms with Crippen LogP contribution < -0.4 is 0 Å². The second kappa shape index (κ2) is 13.7. The zero-order chi connectivity index (χ0) is 25.9. The maximum Gasteiger partial charge on any atom is 0.410 e. The summed E-state index contributed by atoms with van der Waals surface area (Å²) in [6, 6.07) is 18.6. The van der Waals surface area contributed by atoms with Crippen LogP contribution in [0.1, 0.15) is 24.0 Å². The van der Waals surface area contributed by atoms with Gasteiger partial charge in [-0.05, 0) is 24.0 Å². The molecule has 0 spiro atoms. The van der Waals surface area contributed by atoms with Gasteiger partial charge >= 0.3 is 12.2 Å². The summed E-state index contributed by atoms with van der Waals surface area (Å²) in [5.41, 5.74) is 1.78. The summed E-state index contributed by atoms with van der Waals surface area (Å²) in [6.45, 7) is 0.805. The molecule has 2 aromatic rings. The SMILES string of the molecule is O=C(OCc1ccccc1)N1CC[C@@H](O)[C@H](F)C1.O=C(OCc1ccccc1)N1CC[C@H](O)[C@@H](F)C1. The number of rotatable bonds is 4. The monoisotopic (exact) mass is 506 g/mol. The highest BCUT2D eigenvalue weighted by Crippen LogP contribution is 2.16. The molecule has 196 valence electrons. The number of aliphatic hydroxyl groups is 2. The van der Waals surface area contributed by atoms with E-state index in [1.807, 2.05) is 60.7 Å². The van der Waals surface area contributed by atoms with Crippen LogP contribution >= 0.6 is 0 Å². The van der Waals surface area contributed by atoms with E-state index < -0.39 is 36.7 Å². The van der Waals surface area contributed by atoms with Crippen molar-refractivity contribution >= 4 is 12.2 Å². The van der Waals surface area contributed by atoms with E-state index in [1.165, 1.54) is 9.80 Å². The van der Waals surface area contributed by atoms with Gasteiger partial charge < -0.3 is 29.5 Å². The summed E-state index contributed by atoms with van der Waals surface area (Å²) in [6.07, 6.45) is -5.28. The minimum Gasteiger partial charge on any atom is -0.445 e. The number of aliphatic hydroxyl groups excluding tert-OH is 2. The molecule has 0 bridgehead atoms. The number of carbonyl (C=O) groups excluding carboxylic acids is 2. The van der Waals surface area contributed by atoms with Crippen molar-refractivity contribution in [2.24, 2.45) is 0 Å². The lowest BCUT2D eigenvalue weighted by atomic mass is 10.1. The van der Waals surface area contributed by atoms with Crippen molar-refractivity contribution in [1.82, 2.24) is 9.80 Å². The lowest BCUT2D eigenvalue weighted by Crippen LogP contribution is -2.47. The summed E-state index contributed by atoms with van der Waals surface area (Å²) >= 11 is 0. The Balaban J connectivity index is 0.000000201. The molecule has 8 nitrogen and oxygen atoms in total. The molecule has 2 aliphatic rings. The molecule has 2 amide bonds. The molecule has 4 atom stereocenters. The van der Waals surface area contributed by atoms with E-state index in [2.05, 4.69) is 0 Å². The van der Waals surface area contributed by atoms with Crippen LogP contribution in [0.2, 0.25) is 0 Å². The number of alkyl halides is 2. The molecule has 0 aromatic heterocycles. The smallest absolute Gasteiger partial charge is 0.410 e. The van der Waals surface area contributed by atoms with Gasteiger partial charge in [-0.25, -0.2) is 18.4 Å². The predicted molar refractivity (Wildman–Crippen MR) is 127 cm³/mol. The van der Waals surface area contributed by atoms with Crippen molar-refractivity contribution in [3.8, 4) is 0 Å². The van der Waals surface area contributed by atoms with E-state index in [1.54, 1.807) is 0 Å². The van der Waals surface area contributed by atoms with Crippen LogP contribution in [0.4, 0.5) is 18.4 Å². The molecule has 4 rings (SSSR count). The van der Waals surface area contributed by atoms with Gasteiger partial charge in [0.2, 0.25) is 0 Å². The third-order valence-corrected chi connectivity index (χ3v) is 5.94. The molecule has 2 saturated heterocycles. The van der Waals surface area contributed by atoms with E-state index in [-0.39, 0.29) is 39.1 Å². The number of halogens is 2. The highest BCUT2D eigenvalue weighted by atomic mass is 19.1. The van der Waals surface area contributed by atoms with Crippen LogP contribution in [-0.2, 0) is 22.7 Å². The Bertz CT molecular complexity index is 874. The van der Waals surface area contributed by atoms with Gasteiger partial charge in [-0.2, -0.15) is 0 Å². The Morgan fingerprint density at radius 3 is 1.42 bits per heavy atom. The Labute approximate surface area is 209 Å². The quantitative estimate of drug-likeness (QED) is 0.659. The van der Waals surface area contributed by atoms with Crippen LogP contribution in [0, 0.1) is 0 Å². The number of likely N-dealkylation sites (tertiary alicyclic amines) is 2. The number of carbonyl (C=O) groups is 2. The first-order valence-electron chi connectivity index (χ1n) is 11.9. The predicted octanol–water partition coefficient (Wildman–Crippen LogP) is 3.46. The standard InChI is InChI=1S/2C13H16FNO3/c2*14-11-8-15(7-6-12(11)16)13(17)18-9-10-4-2-1-3-5-10/h2*1-5,11-12,16H,6-9H2/t2*11-,12-/m10/s1. The largest absolute Gasteiger partial charge is 0.445 e. The normalized spacial score (nSPS) is 23.8. The van der Waals surface area contributed by atoms with Crippen molar-refractivity contribution in [1.29, 1.82) is 0 Å². The summed E-state index contributed by atoms with van der Waals surface area (Å²) in [5.74, 6) is 0. The van der Waals surface area contributed by atoms with Crippen molar-refractivity contribution in [2.75, 3.05) is 26.2 Å². The zero-order valence-corrected chi connectivity index (χ0v) is 19.9. The number of piperidine rings is 2. The summed E-state index contributed by atoms with van der Waals surface area (Å²) in [7, 11) is 0. The van der Waals surface area contributed by atoms with Crippen LogP contribution in [0.15, 0.2) is 60.7 Å². The fraction of sp³-hybridized carbons (Fsp3) is 0.462. The maximum atomic E-state index is 13.3. The van der Waals surface area contributed by atoms with E-state index in [0.29, 0.717) is 13.1 Å². The third-order valence-electron chi connectivity index (χ3n) is 5.94. The molecular formula is C26H32F2N2O6. The first-order chi connectivity index (χ1) is 17.3. The fourth-order valence-corrected chi connectivity index (χ4v) is 3.74. The lowest BCUT2D eigenvalue weighted by Gasteiger charge is -2.31. The topological polar surface area (TPSA) is 99.5 Å². The van der Waals surface area contributed by atoms with Crippen molar-refractivity contribution in [3.05, 3.63) is 71.8 Å². The van der Waals surface area contributed by atoms with E-state index in [0.717, 1.165) is 11.1 Å². The van der Waals surface area contributed by atoms with E-state index in [9.17, 15) is 28.6 Å². The Hall–Kier alpha value is -3.24. The van der Waals surface area contributed by atoms with Crippen LogP contribution in [0.5, 0.6) is 0 Å². The van der Waals surface area contributed by atoms with E-state index >= 15 is 0 Å². The first-order valence-corrected chi connectivity index (χ1v) is 11.9. The minimum atomic E-state index is -1.39. The fourth-order valence-electron chi connectivity index (χ4n) is 3.74. The second-order valence-corrected chi connectivity index (χ2v) is 8.72. The molecular weight excluding hydrogens is 474 g/mol. The Kier molecular flexibility index (Phi) is 10.4. The Morgan fingerprint density at radius 2 is 1.08 bits per heavy atom. The molecule has 0 unspecified atom stereocenters. The van der Waals surface area contributed by atoms with Crippen LogP contribution in [-0.4, -0.2) is 82.9 Å². The first kappa shape index (κ1) is 27.3. The van der Waals surface area contributed by atoms with E-state index in [4.69, 9.17) is 9.47 Å². The molecule has 2 aromatic carbocycles. The number of amides is 2. The molecule has 36 heavy (non-hydrogen) atoms. The third kappa shape index (κ3) is 8.46. The maximum absolute atomic E-state index is 13.3.